The summed E-state index contributed by atoms with van der Waals surface area (Å²) in [6.45, 7) is 4.21. The first-order valence-electron chi connectivity index (χ1n) is 3.43. The molecule has 0 aromatic carbocycles. The van der Waals surface area contributed by atoms with Crippen LogP contribution in [0.2, 0.25) is 0 Å². The van der Waals surface area contributed by atoms with Gasteiger partial charge in [0, 0.05) is 6.42 Å². The minimum Gasteiger partial charge on any atom is -0.439 e. The second kappa shape index (κ2) is 5.42. The maximum atomic E-state index is 10.1. The highest BCUT2D eigenvalue weighted by molar-refractivity contribution is 14.1. The maximum Gasteiger partial charge on any atom is 0.295 e. The normalized spacial score (nSPS) is 14.1. The third kappa shape index (κ3) is 4.25. The first-order valence-corrected chi connectivity index (χ1v) is 4.50. The second-order valence-electron chi connectivity index (χ2n) is 2.07. The Hall–Kier alpha value is -0.240. The van der Waals surface area contributed by atoms with Crippen LogP contribution in [0.4, 0.5) is 0 Å². The quantitative estimate of drug-likeness (QED) is 0.337. The fraction of sp³-hybridized carbons (Fsp3) is 0.625. The summed E-state index contributed by atoms with van der Waals surface area (Å²) < 4.78 is 4.23. The summed E-state index contributed by atoms with van der Waals surface area (Å²) in [5.41, 5.74) is 0. The van der Waals surface area contributed by atoms with Crippen LogP contribution < -0.4 is 0 Å². The molecule has 0 aliphatic heterocycles. The van der Waals surface area contributed by atoms with Crippen molar-refractivity contribution in [1.29, 1.82) is 0 Å². The molecule has 0 aliphatic carbocycles. The summed E-state index contributed by atoms with van der Waals surface area (Å²) in [4.78, 5) is 10.1. The van der Waals surface area contributed by atoms with Crippen LogP contribution in [0.1, 0.15) is 26.7 Å². The van der Waals surface area contributed by atoms with Gasteiger partial charge in [-0.25, -0.2) is 0 Å². The van der Waals surface area contributed by atoms with E-state index < -0.39 is 3.61 Å². The van der Waals surface area contributed by atoms with Crippen LogP contribution in [0.15, 0.2) is 0 Å². The van der Waals surface area contributed by atoms with E-state index in [0.717, 1.165) is 12.8 Å². The highest BCUT2D eigenvalue weighted by atomic mass is 127. The van der Waals surface area contributed by atoms with Gasteiger partial charge in [0.15, 0.2) is 0 Å². The smallest absolute Gasteiger partial charge is 0.295 e. The third-order valence-electron chi connectivity index (χ3n) is 1.12. The van der Waals surface area contributed by atoms with Crippen LogP contribution in [0.25, 0.3) is 0 Å². The molecule has 0 N–H and O–H groups in total. The Balaban J connectivity index is 4.19. The SMILES string of the molecule is CC#CC(I)(CCC)OC=O. The first kappa shape index (κ1) is 10.8. The van der Waals surface area contributed by atoms with Gasteiger partial charge in [-0.15, -0.1) is 5.92 Å². The van der Waals surface area contributed by atoms with Crippen molar-refractivity contribution in [2.24, 2.45) is 0 Å². The van der Waals surface area contributed by atoms with Gasteiger partial charge in [0.1, 0.15) is 0 Å². The average Bonchev–Trinajstić information content (AvgIpc) is 1.88. The van der Waals surface area contributed by atoms with Crippen molar-refractivity contribution < 1.29 is 9.53 Å². The van der Waals surface area contributed by atoms with Crippen LogP contribution in [-0.4, -0.2) is 10.1 Å². The van der Waals surface area contributed by atoms with E-state index in [1.54, 1.807) is 6.92 Å². The number of ether oxygens (including phenoxy) is 1. The summed E-state index contributed by atoms with van der Waals surface area (Å²) in [6.07, 6.45) is 1.72. The summed E-state index contributed by atoms with van der Waals surface area (Å²) in [5, 5.41) is 0. The Morgan fingerprint density at radius 1 is 1.73 bits per heavy atom. The zero-order valence-corrected chi connectivity index (χ0v) is 8.84. The minimum absolute atomic E-state index is 0.451. The topological polar surface area (TPSA) is 26.3 Å². The molecule has 0 aromatic rings. The van der Waals surface area contributed by atoms with E-state index in [4.69, 9.17) is 4.74 Å². The van der Waals surface area contributed by atoms with E-state index in [0.29, 0.717) is 6.47 Å². The monoisotopic (exact) mass is 266 g/mol. The molecule has 0 amide bonds. The zero-order valence-electron chi connectivity index (χ0n) is 6.69. The fourth-order valence-electron chi connectivity index (χ4n) is 0.735. The Labute approximate surface area is 80.8 Å². The van der Waals surface area contributed by atoms with Gasteiger partial charge in [-0.2, -0.15) is 0 Å². The molecule has 1 unspecified atom stereocenters. The number of halogens is 1. The molecule has 2 nitrogen and oxygen atoms in total. The molecule has 0 aliphatic rings. The van der Waals surface area contributed by atoms with E-state index in [-0.39, 0.29) is 0 Å². The predicted molar refractivity (Wildman–Crippen MR) is 52.3 cm³/mol. The largest absolute Gasteiger partial charge is 0.439 e. The van der Waals surface area contributed by atoms with Crippen molar-refractivity contribution in [2.75, 3.05) is 0 Å². The highest BCUT2D eigenvalue weighted by Gasteiger charge is 2.23. The standard InChI is InChI=1S/C8H11IO2/c1-3-5-8(9,6-4-2)11-7-10/h7H,3,5H2,1-2H3. The molecule has 0 saturated heterocycles. The molecule has 0 fully saturated rings. The number of hydrogen-bond donors (Lipinski definition) is 0. The summed E-state index contributed by atoms with van der Waals surface area (Å²) >= 11 is 2.05. The van der Waals surface area contributed by atoms with Crippen LogP contribution in [-0.2, 0) is 9.53 Å². The van der Waals surface area contributed by atoms with Crippen molar-refractivity contribution in [3.63, 3.8) is 0 Å². The molecule has 11 heavy (non-hydrogen) atoms. The number of alkyl halides is 1. The maximum absolute atomic E-state index is 10.1. The van der Waals surface area contributed by atoms with Gasteiger partial charge in [-0.05, 0) is 35.4 Å². The molecule has 0 radical (unpaired) electrons. The fourth-order valence-corrected chi connectivity index (χ4v) is 1.65. The third-order valence-corrected chi connectivity index (χ3v) is 2.18. The van der Waals surface area contributed by atoms with Crippen LogP contribution in [0.5, 0.6) is 0 Å². The molecule has 1 atom stereocenters. The molecule has 0 heterocycles. The van der Waals surface area contributed by atoms with E-state index in [1.165, 1.54) is 0 Å². The Bertz CT molecular complexity index is 180. The van der Waals surface area contributed by atoms with E-state index in [9.17, 15) is 4.79 Å². The molecular weight excluding hydrogens is 255 g/mol. The number of carbonyl (C=O) groups excluding carboxylic acids is 1. The molecular formula is C8H11IO2. The van der Waals surface area contributed by atoms with Gasteiger partial charge < -0.3 is 4.74 Å². The van der Waals surface area contributed by atoms with Gasteiger partial charge in [-0.1, -0.05) is 13.3 Å². The molecule has 0 spiro atoms. The molecule has 3 heteroatoms. The van der Waals surface area contributed by atoms with Crippen LogP contribution >= 0.6 is 22.6 Å². The van der Waals surface area contributed by atoms with Gasteiger partial charge in [0.25, 0.3) is 6.47 Å². The van der Waals surface area contributed by atoms with E-state index in [2.05, 4.69) is 11.8 Å². The lowest BCUT2D eigenvalue weighted by Crippen LogP contribution is -2.21. The van der Waals surface area contributed by atoms with E-state index in [1.807, 2.05) is 29.5 Å². The first-order chi connectivity index (χ1) is 5.18. The molecule has 0 bridgehead atoms. The number of hydrogen-bond acceptors (Lipinski definition) is 2. The van der Waals surface area contributed by atoms with Gasteiger partial charge in [0.05, 0.1) is 0 Å². The number of rotatable bonds is 4. The van der Waals surface area contributed by atoms with Gasteiger partial charge in [0.2, 0.25) is 3.61 Å². The van der Waals surface area contributed by atoms with Crippen molar-refractivity contribution in [3.8, 4) is 11.8 Å². The predicted octanol–water partition coefficient (Wildman–Crippen LogP) is 2.11. The lowest BCUT2D eigenvalue weighted by atomic mass is 10.2. The van der Waals surface area contributed by atoms with Crippen molar-refractivity contribution >= 4 is 29.1 Å². The van der Waals surface area contributed by atoms with Gasteiger partial charge in [-0.3, -0.25) is 4.79 Å². The molecule has 0 saturated carbocycles. The summed E-state index contributed by atoms with van der Waals surface area (Å²) in [7, 11) is 0. The molecule has 0 rings (SSSR count). The van der Waals surface area contributed by atoms with E-state index >= 15 is 0 Å². The molecule has 0 aromatic heterocycles. The lowest BCUT2D eigenvalue weighted by molar-refractivity contribution is -0.132. The lowest BCUT2D eigenvalue weighted by Gasteiger charge is -2.17. The Kier molecular flexibility index (Phi) is 5.30. The summed E-state index contributed by atoms with van der Waals surface area (Å²) in [5.74, 6) is 5.58. The van der Waals surface area contributed by atoms with Gasteiger partial charge >= 0.3 is 0 Å². The van der Waals surface area contributed by atoms with Crippen LogP contribution in [0, 0.1) is 11.8 Å². The zero-order chi connectivity index (χ0) is 8.74. The molecule has 62 valence electrons. The highest BCUT2D eigenvalue weighted by Crippen LogP contribution is 2.24. The summed E-state index contributed by atoms with van der Waals surface area (Å²) in [6, 6.07) is 0. The van der Waals surface area contributed by atoms with Crippen molar-refractivity contribution in [2.45, 2.75) is 30.3 Å². The average molecular weight is 266 g/mol. The number of carbonyl (C=O) groups is 1. The minimum atomic E-state index is -0.608. The second-order valence-corrected chi connectivity index (χ2v) is 3.81. The Morgan fingerprint density at radius 2 is 2.36 bits per heavy atom. The van der Waals surface area contributed by atoms with Crippen LogP contribution in [0.3, 0.4) is 0 Å². The Morgan fingerprint density at radius 3 is 2.73 bits per heavy atom. The van der Waals surface area contributed by atoms with Crippen molar-refractivity contribution in [1.82, 2.24) is 0 Å². The van der Waals surface area contributed by atoms with Crippen molar-refractivity contribution in [3.05, 3.63) is 0 Å².